The highest BCUT2D eigenvalue weighted by atomic mass is 32.2. The van der Waals surface area contributed by atoms with Gasteiger partial charge in [-0.25, -0.2) is 0 Å². The van der Waals surface area contributed by atoms with Crippen LogP contribution in [0.5, 0.6) is 0 Å². The normalized spacial score (nSPS) is 31.6. The quantitative estimate of drug-likeness (QED) is 0.819. The molecular weight excluding hydrogens is 264 g/mol. The van der Waals surface area contributed by atoms with Crippen LogP contribution in [0.3, 0.4) is 0 Å². The fourth-order valence-corrected chi connectivity index (χ4v) is 4.60. The van der Waals surface area contributed by atoms with Crippen LogP contribution < -0.4 is 0 Å². The van der Waals surface area contributed by atoms with Crippen LogP contribution in [0, 0.1) is 17.8 Å². The van der Waals surface area contributed by atoms with Crippen LogP contribution in [0.25, 0.3) is 0 Å². The van der Waals surface area contributed by atoms with Crippen molar-refractivity contribution < 1.29 is 13.5 Å². The molecule has 1 heterocycles. The van der Waals surface area contributed by atoms with Gasteiger partial charge in [0.25, 0.3) is 10.2 Å². The molecule has 112 valence electrons. The average molecular weight is 290 g/mol. The smallest absolute Gasteiger partial charge is 0.281 e. The Labute approximate surface area is 116 Å². The minimum Gasteiger partial charge on any atom is -0.391 e. The Morgan fingerprint density at radius 3 is 2.26 bits per heavy atom. The highest BCUT2D eigenvalue weighted by Crippen LogP contribution is 2.33. The molecule has 0 bridgehead atoms. The second-order valence-corrected chi connectivity index (χ2v) is 8.49. The molecule has 2 aliphatic rings. The summed E-state index contributed by atoms with van der Waals surface area (Å²) in [6.45, 7) is 5.59. The highest BCUT2D eigenvalue weighted by Gasteiger charge is 2.36. The number of hydrogen-bond donors (Lipinski definition) is 1. The number of rotatable bonds is 5. The van der Waals surface area contributed by atoms with E-state index in [1.54, 1.807) is 11.4 Å². The van der Waals surface area contributed by atoms with Crippen molar-refractivity contribution in [2.24, 2.45) is 17.8 Å². The number of aliphatic hydroxyl groups is 1. The van der Waals surface area contributed by atoms with Gasteiger partial charge in [-0.2, -0.15) is 17.0 Å². The Bertz CT molecular complexity index is 398. The molecule has 0 amide bonds. The van der Waals surface area contributed by atoms with Gasteiger partial charge in [0.1, 0.15) is 0 Å². The van der Waals surface area contributed by atoms with Crippen molar-refractivity contribution in [1.82, 2.24) is 8.61 Å². The van der Waals surface area contributed by atoms with Crippen LogP contribution >= 0.6 is 0 Å². The van der Waals surface area contributed by atoms with Crippen LogP contribution in [-0.2, 0) is 10.2 Å². The minimum absolute atomic E-state index is 0.215. The van der Waals surface area contributed by atoms with Gasteiger partial charge < -0.3 is 5.11 Å². The summed E-state index contributed by atoms with van der Waals surface area (Å²) in [7, 11) is -1.85. The maximum atomic E-state index is 12.5. The highest BCUT2D eigenvalue weighted by molar-refractivity contribution is 7.86. The van der Waals surface area contributed by atoms with E-state index in [1.807, 2.05) is 0 Å². The third-order valence-corrected chi connectivity index (χ3v) is 6.05. The summed E-state index contributed by atoms with van der Waals surface area (Å²) in [6, 6.07) is 0. The van der Waals surface area contributed by atoms with Gasteiger partial charge in [-0.3, -0.25) is 0 Å². The molecule has 0 aromatic rings. The zero-order valence-corrected chi connectivity index (χ0v) is 12.9. The molecule has 1 aliphatic heterocycles. The topological polar surface area (TPSA) is 60.9 Å². The van der Waals surface area contributed by atoms with E-state index < -0.39 is 16.3 Å². The van der Waals surface area contributed by atoms with Crippen molar-refractivity contribution in [1.29, 1.82) is 0 Å². The number of piperidine rings is 1. The number of hydrogen-bond acceptors (Lipinski definition) is 3. The zero-order chi connectivity index (χ0) is 14.2. The maximum Gasteiger partial charge on any atom is 0.281 e. The lowest BCUT2D eigenvalue weighted by atomic mass is 9.94. The Morgan fingerprint density at radius 1 is 1.26 bits per heavy atom. The SMILES string of the molecule is CC1CC(C)CN(S(=O)(=O)N(C)CC(O)C2CC2)C1. The van der Waals surface area contributed by atoms with Gasteiger partial charge in [-0.15, -0.1) is 0 Å². The molecule has 2 rings (SSSR count). The molecule has 0 radical (unpaired) electrons. The van der Waals surface area contributed by atoms with E-state index in [0.29, 0.717) is 30.8 Å². The molecule has 0 aromatic carbocycles. The lowest BCUT2D eigenvalue weighted by molar-refractivity contribution is 0.126. The van der Waals surface area contributed by atoms with Crippen LogP contribution in [0.2, 0.25) is 0 Å². The lowest BCUT2D eigenvalue weighted by Gasteiger charge is -2.36. The summed E-state index contributed by atoms with van der Waals surface area (Å²) < 4.78 is 27.9. The molecule has 1 aliphatic carbocycles. The Balaban J connectivity index is 1.99. The number of nitrogens with zero attached hydrogens (tertiary/aromatic N) is 2. The molecule has 0 aromatic heterocycles. The van der Waals surface area contributed by atoms with E-state index in [0.717, 1.165) is 19.3 Å². The summed E-state index contributed by atoms with van der Waals surface area (Å²) in [5.41, 5.74) is 0. The molecule has 2 fully saturated rings. The standard InChI is InChI=1S/C13H26N2O3S/c1-10-6-11(2)8-15(7-10)19(17,18)14(3)9-13(16)12-4-5-12/h10-13,16H,4-9H2,1-3H3. The fraction of sp³-hybridized carbons (Fsp3) is 1.00. The number of likely N-dealkylation sites (N-methyl/N-ethyl adjacent to an activating group) is 1. The van der Waals surface area contributed by atoms with E-state index in [-0.39, 0.29) is 6.54 Å². The van der Waals surface area contributed by atoms with Gasteiger partial charge in [0.15, 0.2) is 0 Å². The summed E-state index contributed by atoms with van der Waals surface area (Å²) in [6.07, 6.45) is 2.61. The molecule has 1 saturated carbocycles. The zero-order valence-electron chi connectivity index (χ0n) is 12.1. The van der Waals surface area contributed by atoms with E-state index in [9.17, 15) is 13.5 Å². The molecule has 1 N–H and O–H groups in total. The van der Waals surface area contributed by atoms with Gasteiger partial charge in [0.05, 0.1) is 6.10 Å². The van der Waals surface area contributed by atoms with Crippen molar-refractivity contribution in [2.45, 2.75) is 39.2 Å². The van der Waals surface area contributed by atoms with Gasteiger partial charge in [0, 0.05) is 26.7 Å². The van der Waals surface area contributed by atoms with Crippen LogP contribution in [0.15, 0.2) is 0 Å². The molecule has 6 heteroatoms. The molecule has 5 nitrogen and oxygen atoms in total. The maximum absolute atomic E-state index is 12.5. The second kappa shape index (κ2) is 5.68. The molecule has 3 atom stereocenters. The van der Waals surface area contributed by atoms with Crippen molar-refractivity contribution in [3.05, 3.63) is 0 Å². The summed E-state index contributed by atoms with van der Waals surface area (Å²) in [4.78, 5) is 0. The largest absolute Gasteiger partial charge is 0.391 e. The molecule has 19 heavy (non-hydrogen) atoms. The van der Waals surface area contributed by atoms with Crippen molar-refractivity contribution in [2.75, 3.05) is 26.7 Å². The van der Waals surface area contributed by atoms with E-state index in [1.165, 1.54) is 4.31 Å². The second-order valence-electron chi connectivity index (χ2n) is 6.46. The van der Waals surface area contributed by atoms with E-state index >= 15 is 0 Å². The van der Waals surface area contributed by atoms with Crippen LogP contribution in [0.1, 0.15) is 33.1 Å². The van der Waals surface area contributed by atoms with Crippen molar-refractivity contribution >= 4 is 10.2 Å². The third-order valence-electron chi connectivity index (χ3n) is 4.17. The summed E-state index contributed by atoms with van der Waals surface area (Å²) >= 11 is 0. The van der Waals surface area contributed by atoms with Crippen LogP contribution in [0.4, 0.5) is 0 Å². The monoisotopic (exact) mass is 290 g/mol. The first-order valence-corrected chi connectivity index (χ1v) is 8.60. The Hall–Kier alpha value is -0.170. The van der Waals surface area contributed by atoms with Crippen molar-refractivity contribution in [3.8, 4) is 0 Å². The lowest BCUT2D eigenvalue weighted by Crippen LogP contribution is -2.50. The molecule has 1 saturated heterocycles. The Kier molecular flexibility index (Phi) is 4.55. The first kappa shape index (κ1) is 15.2. The van der Waals surface area contributed by atoms with Gasteiger partial charge in [0.2, 0.25) is 0 Å². The summed E-state index contributed by atoms with van der Waals surface area (Å²) in [5.74, 6) is 1.11. The summed E-state index contributed by atoms with van der Waals surface area (Å²) in [5, 5.41) is 9.90. The van der Waals surface area contributed by atoms with Crippen LogP contribution in [-0.4, -0.2) is 54.9 Å². The molecule has 3 unspecified atom stereocenters. The predicted octanol–water partition coefficient (Wildman–Crippen LogP) is 0.912. The average Bonchev–Trinajstić information content (AvgIpc) is 3.10. The first-order chi connectivity index (χ1) is 8.80. The van der Waals surface area contributed by atoms with Gasteiger partial charge in [-0.05, 0) is 37.0 Å². The van der Waals surface area contributed by atoms with E-state index in [2.05, 4.69) is 13.8 Å². The minimum atomic E-state index is -3.42. The number of aliphatic hydroxyl groups excluding tert-OH is 1. The molecule has 0 spiro atoms. The fourth-order valence-electron chi connectivity index (χ4n) is 2.98. The van der Waals surface area contributed by atoms with Gasteiger partial charge >= 0.3 is 0 Å². The third kappa shape index (κ3) is 3.68. The molecular formula is C13H26N2O3S. The first-order valence-electron chi connectivity index (χ1n) is 7.20. The Morgan fingerprint density at radius 2 is 1.79 bits per heavy atom. The van der Waals surface area contributed by atoms with Crippen molar-refractivity contribution in [3.63, 3.8) is 0 Å². The van der Waals surface area contributed by atoms with Gasteiger partial charge in [-0.1, -0.05) is 13.8 Å². The van der Waals surface area contributed by atoms with E-state index in [4.69, 9.17) is 0 Å². The predicted molar refractivity (Wildman–Crippen MR) is 74.8 cm³/mol.